The van der Waals surface area contributed by atoms with E-state index in [9.17, 15) is 0 Å². The highest BCUT2D eigenvalue weighted by Gasteiger charge is 2.24. The molecule has 2 unspecified atom stereocenters. The summed E-state index contributed by atoms with van der Waals surface area (Å²) in [4.78, 5) is 2.49. The van der Waals surface area contributed by atoms with Crippen molar-refractivity contribution >= 4 is 5.84 Å². The number of rotatable bonds is 4. The van der Waals surface area contributed by atoms with Crippen molar-refractivity contribution < 1.29 is 9.94 Å². The predicted octanol–water partition coefficient (Wildman–Crippen LogP) is 2.41. The first-order chi connectivity index (χ1) is 10.1. The number of hydrogen-bond donors (Lipinski definition) is 2. The van der Waals surface area contributed by atoms with Gasteiger partial charge in [-0.25, -0.2) is 0 Å². The molecule has 0 bridgehead atoms. The largest absolute Gasteiger partial charge is 0.496 e. The van der Waals surface area contributed by atoms with Gasteiger partial charge in [0.2, 0.25) is 0 Å². The molecule has 0 radical (unpaired) electrons. The van der Waals surface area contributed by atoms with Crippen LogP contribution < -0.4 is 10.5 Å². The van der Waals surface area contributed by atoms with Crippen LogP contribution >= 0.6 is 0 Å². The Labute approximate surface area is 126 Å². The van der Waals surface area contributed by atoms with Crippen LogP contribution in [0, 0.1) is 5.92 Å². The first-order valence-corrected chi connectivity index (χ1v) is 7.45. The van der Waals surface area contributed by atoms with E-state index < -0.39 is 0 Å². The quantitative estimate of drug-likeness (QED) is 0.387. The second kappa shape index (κ2) is 6.80. The highest BCUT2D eigenvalue weighted by molar-refractivity contribution is 5.99. The van der Waals surface area contributed by atoms with Gasteiger partial charge in [-0.2, -0.15) is 0 Å². The highest BCUT2D eigenvalue weighted by Crippen LogP contribution is 2.26. The van der Waals surface area contributed by atoms with Gasteiger partial charge in [0.05, 0.1) is 12.7 Å². The molecule has 0 saturated carbocycles. The molecule has 116 valence electrons. The Kier molecular flexibility index (Phi) is 5.07. The Bertz CT molecular complexity index is 516. The summed E-state index contributed by atoms with van der Waals surface area (Å²) in [6, 6.07) is 6.44. The number of piperidine rings is 1. The number of amidine groups is 1. The van der Waals surface area contributed by atoms with Crippen molar-refractivity contribution in [2.24, 2.45) is 16.8 Å². The number of nitrogens with two attached hydrogens (primary N) is 1. The van der Waals surface area contributed by atoms with Crippen LogP contribution in [0.15, 0.2) is 23.4 Å². The molecular formula is C16H25N3O2. The lowest BCUT2D eigenvalue weighted by molar-refractivity contribution is 0.106. The molecule has 1 aliphatic rings. The summed E-state index contributed by atoms with van der Waals surface area (Å²) in [5, 5.41) is 12.0. The Hall–Kier alpha value is -1.75. The van der Waals surface area contributed by atoms with Gasteiger partial charge in [-0.3, -0.25) is 4.90 Å². The fourth-order valence-electron chi connectivity index (χ4n) is 2.99. The summed E-state index contributed by atoms with van der Waals surface area (Å²) >= 11 is 0. The predicted molar refractivity (Wildman–Crippen MR) is 83.8 cm³/mol. The molecule has 1 aromatic carbocycles. The third kappa shape index (κ3) is 3.47. The minimum Gasteiger partial charge on any atom is -0.496 e. The number of hydrogen-bond acceptors (Lipinski definition) is 4. The number of methoxy groups -OCH3 is 1. The van der Waals surface area contributed by atoms with Gasteiger partial charge in [0, 0.05) is 12.6 Å². The molecule has 1 aliphatic heterocycles. The molecule has 0 amide bonds. The molecule has 0 spiro atoms. The minimum absolute atomic E-state index is 0.0776. The lowest BCUT2D eigenvalue weighted by atomic mass is 9.91. The molecule has 0 aromatic heterocycles. The topological polar surface area (TPSA) is 71.1 Å². The van der Waals surface area contributed by atoms with Gasteiger partial charge in [0.1, 0.15) is 5.75 Å². The van der Waals surface area contributed by atoms with E-state index in [1.165, 1.54) is 12.8 Å². The van der Waals surface area contributed by atoms with Crippen LogP contribution in [-0.4, -0.2) is 35.6 Å². The lowest BCUT2D eigenvalue weighted by Gasteiger charge is -2.38. The van der Waals surface area contributed by atoms with Crippen LogP contribution in [0.25, 0.3) is 0 Å². The van der Waals surface area contributed by atoms with E-state index in [-0.39, 0.29) is 5.84 Å². The van der Waals surface area contributed by atoms with E-state index in [2.05, 4.69) is 23.9 Å². The fraction of sp³-hybridized carbons (Fsp3) is 0.562. The van der Waals surface area contributed by atoms with Crippen molar-refractivity contribution in [2.75, 3.05) is 13.7 Å². The van der Waals surface area contributed by atoms with Gasteiger partial charge in [-0.1, -0.05) is 18.1 Å². The van der Waals surface area contributed by atoms with Crippen molar-refractivity contribution in [3.8, 4) is 5.75 Å². The van der Waals surface area contributed by atoms with Crippen molar-refractivity contribution in [1.29, 1.82) is 0 Å². The van der Waals surface area contributed by atoms with E-state index in [0.717, 1.165) is 24.6 Å². The maximum atomic E-state index is 8.89. The van der Waals surface area contributed by atoms with Crippen molar-refractivity contribution in [1.82, 2.24) is 4.90 Å². The van der Waals surface area contributed by atoms with E-state index in [0.29, 0.717) is 17.4 Å². The van der Waals surface area contributed by atoms with E-state index >= 15 is 0 Å². The molecule has 5 nitrogen and oxygen atoms in total. The monoisotopic (exact) mass is 291 g/mol. The molecule has 3 N–H and O–H groups in total. The summed E-state index contributed by atoms with van der Waals surface area (Å²) < 4.78 is 5.27. The molecule has 5 heteroatoms. The van der Waals surface area contributed by atoms with Gasteiger partial charge in [0.15, 0.2) is 5.84 Å². The average molecular weight is 291 g/mol. The Balaban J connectivity index is 2.21. The molecule has 0 aliphatic carbocycles. The molecule has 1 aromatic rings. The molecular weight excluding hydrogens is 266 g/mol. The number of oxime groups is 1. The van der Waals surface area contributed by atoms with E-state index in [1.807, 2.05) is 18.2 Å². The standard InChI is InChI=1S/C16H25N3O2/c1-11-5-4-8-19(12(11)2)10-13-6-7-15(21-3)14(9-13)16(17)18-20/h6-7,9,11-12,20H,4-5,8,10H2,1-3H3,(H2,17,18). The van der Waals surface area contributed by atoms with Crippen LogP contribution in [0.2, 0.25) is 0 Å². The van der Waals surface area contributed by atoms with Crippen LogP contribution in [0.4, 0.5) is 0 Å². The molecule has 1 saturated heterocycles. The second-order valence-electron chi connectivity index (χ2n) is 5.85. The Morgan fingerprint density at radius 3 is 2.90 bits per heavy atom. The van der Waals surface area contributed by atoms with Gasteiger partial charge in [0.25, 0.3) is 0 Å². The third-order valence-electron chi connectivity index (χ3n) is 4.54. The van der Waals surface area contributed by atoms with Crippen LogP contribution in [-0.2, 0) is 6.54 Å². The summed E-state index contributed by atoms with van der Waals surface area (Å²) in [6.07, 6.45) is 2.55. The van der Waals surface area contributed by atoms with Gasteiger partial charge in [-0.05, 0) is 49.9 Å². The summed E-state index contributed by atoms with van der Waals surface area (Å²) in [6.45, 7) is 6.60. The number of likely N-dealkylation sites (tertiary alicyclic amines) is 1. The maximum absolute atomic E-state index is 8.89. The first kappa shape index (κ1) is 15.6. The van der Waals surface area contributed by atoms with Crippen molar-refractivity contribution in [3.63, 3.8) is 0 Å². The third-order valence-corrected chi connectivity index (χ3v) is 4.54. The van der Waals surface area contributed by atoms with Crippen LogP contribution in [0.3, 0.4) is 0 Å². The molecule has 1 fully saturated rings. The van der Waals surface area contributed by atoms with E-state index in [4.69, 9.17) is 15.7 Å². The van der Waals surface area contributed by atoms with Crippen molar-refractivity contribution in [2.45, 2.75) is 39.3 Å². The Morgan fingerprint density at radius 1 is 1.48 bits per heavy atom. The molecule has 21 heavy (non-hydrogen) atoms. The van der Waals surface area contributed by atoms with Gasteiger partial charge < -0.3 is 15.7 Å². The number of benzene rings is 1. The fourth-order valence-corrected chi connectivity index (χ4v) is 2.99. The normalized spacial score (nSPS) is 24.0. The zero-order valence-corrected chi connectivity index (χ0v) is 13.0. The van der Waals surface area contributed by atoms with Gasteiger partial charge in [-0.15, -0.1) is 0 Å². The van der Waals surface area contributed by atoms with E-state index in [1.54, 1.807) is 7.11 Å². The first-order valence-electron chi connectivity index (χ1n) is 7.45. The minimum atomic E-state index is 0.0776. The second-order valence-corrected chi connectivity index (χ2v) is 5.85. The lowest BCUT2D eigenvalue weighted by Crippen LogP contribution is -2.41. The molecule has 2 rings (SSSR count). The molecule has 2 atom stereocenters. The maximum Gasteiger partial charge on any atom is 0.173 e. The smallest absolute Gasteiger partial charge is 0.173 e. The van der Waals surface area contributed by atoms with Gasteiger partial charge >= 0.3 is 0 Å². The summed E-state index contributed by atoms with van der Waals surface area (Å²) in [5.74, 6) is 1.42. The zero-order valence-electron chi connectivity index (χ0n) is 13.0. The van der Waals surface area contributed by atoms with Crippen molar-refractivity contribution in [3.05, 3.63) is 29.3 Å². The highest BCUT2D eigenvalue weighted by atomic mass is 16.5. The number of nitrogens with zero attached hydrogens (tertiary/aromatic N) is 2. The summed E-state index contributed by atoms with van der Waals surface area (Å²) in [7, 11) is 1.58. The molecule has 1 heterocycles. The zero-order chi connectivity index (χ0) is 15.4. The number of ether oxygens (including phenoxy) is 1. The SMILES string of the molecule is COc1ccc(CN2CCCC(C)C2C)cc1C(N)=NO. The summed E-state index contributed by atoms with van der Waals surface area (Å²) in [5.41, 5.74) is 7.51. The average Bonchev–Trinajstić information content (AvgIpc) is 2.51. The Morgan fingerprint density at radius 2 is 2.24 bits per heavy atom. The van der Waals surface area contributed by atoms with Crippen LogP contribution in [0.1, 0.15) is 37.8 Å². The van der Waals surface area contributed by atoms with Crippen LogP contribution in [0.5, 0.6) is 5.75 Å².